The third-order valence-corrected chi connectivity index (χ3v) is 9.67. The van der Waals surface area contributed by atoms with Gasteiger partial charge in [-0.2, -0.15) is 8.78 Å². The molecule has 0 amide bonds. The number of carbonyl (C=O) groups is 2. The molecule has 0 spiro atoms. The minimum absolute atomic E-state index is 0.0310. The standard InChI is InChI=1S/C36H37BrF3N2O10PS/c1-33(2,3)30(43)48-21-49-36(52-53-45,51-31(44)34(4,5)6)35(39,40)27-17-8-22(18-28(27)37)20-42(25-13-11-24(38)12-14-25)32-41-19-29(50-32)23-9-15-26(16-10-23)54(7,46)47/h8-19H,20-21H2,1-7H3. The number of aromatic nitrogens is 1. The van der Waals surface area contributed by atoms with Crippen molar-refractivity contribution in [1.29, 1.82) is 0 Å². The molecule has 0 saturated carbocycles. The predicted octanol–water partition coefficient (Wildman–Crippen LogP) is 9.11. The lowest BCUT2D eigenvalue weighted by atomic mass is 9.97. The van der Waals surface area contributed by atoms with E-state index < -0.39 is 71.4 Å². The topological polar surface area (TPSA) is 152 Å². The van der Waals surface area contributed by atoms with Crippen LogP contribution in [0, 0.1) is 16.6 Å². The maximum atomic E-state index is 16.7. The van der Waals surface area contributed by atoms with E-state index >= 15 is 8.78 Å². The fourth-order valence-corrected chi connectivity index (χ4v) is 6.14. The highest BCUT2D eigenvalue weighted by Crippen LogP contribution is 2.48. The lowest BCUT2D eigenvalue weighted by molar-refractivity contribution is -0.425. The van der Waals surface area contributed by atoms with Crippen LogP contribution < -0.4 is 4.90 Å². The van der Waals surface area contributed by atoms with Gasteiger partial charge in [0.05, 0.1) is 28.5 Å². The Balaban J connectivity index is 1.72. The molecule has 18 heteroatoms. The first kappa shape index (κ1) is 42.6. The summed E-state index contributed by atoms with van der Waals surface area (Å²) < 4.78 is 109. The minimum Gasteiger partial charge on any atom is -0.438 e. The summed E-state index contributed by atoms with van der Waals surface area (Å²) in [5.41, 5.74) is -1.92. The molecule has 290 valence electrons. The molecular weight excluding hydrogens is 820 g/mol. The summed E-state index contributed by atoms with van der Waals surface area (Å²) in [5, 5.41) is 0. The monoisotopic (exact) mass is 856 g/mol. The van der Waals surface area contributed by atoms with Crippen molar-refractivity contribution in [2.24, 2.45) is 10.8 Å². The molecule has 1 atom stereocenters. The van der Waals surface area contributed by atoms with Crippen LogP contribution in [0.5, 0.6) is 0 Å². The van der Waals surface area contributed by atoms with Crippen molar-refractivity contribution >= 4 is 58.1 Å². The largest absolute Gasteiger partial charge is 0.438 e. The number of halogens is 4. The number of alkyl halides is 2. The number of anilines is 2. The summed E-state index contributed by atoms with van der Waals surface area (Å²) >= 11 is 3.17. The second kappa shape index (κ2) is 16.3. The average molecular weight is 858 g/mol. The number of esters is 2. The molecule has 0 aliphatic carbocycles. The van der Waals surface area contributed by atoms with Gasteiger partial charge in [-0.25, -0.2) is 26.9 Å². The van der Waals surface area contributed by atoms with Crippen LogP contribution in [-0.2, 0) is 55.2 Å². The Kier molecular flexibility index (Phi) is 12.9. The quantitative estimate of drug-likeness (QED) is 0.0676. The van der Waals surface area contributed by atoms with Gasteiger partial charge < -0.3 is 13.9 Å². The van der Waals surface area contributed by atoms with Gasteiger partial charge in [0, 0.05) is 27.5 Å². The molecule has 0 aliphatic heterocycles. The van der Waals surface area contributed by atoms with Gasteiger partial charge in [0.2, 0.25) is 0 Å². The SMILES string of the molecule is CC(C)(C)C(=O)OCOC(OP=O)(OC(=O)C(C)(C)C)C(F)(F)c1ccc(CN(c2ccc(F)cc2)c2ncc(-c3ccc(S(C)(=O)=O)cc3)o2)cc1Br. The Morgan fingerprint density at radius 1 is 0.926 bits per heavy atom. The molecule has 0 bridgehead atoms. The lowest BCUT2D eigenvalue weighted by Crippen LogP contribution is -2.54. The van der Waals surface area contributed by atoms with E-state index in [9.17, 15) is 27.0 Å². The molecule has 0 aliphatic rings. The van der Waals surface area contributed by atoms with E-state index in [4.69, 9.17) is 23.2 Å². The molecule has 1 unspecified atom stereocenters. The summed E-state index contributed by atoms with van der Waals surface area (Å²) in [7, 11) is -4.80. The fourth-order valence-electron chi connectivity index (χ4n) is 4.53. The summed E-state index contributed by atoms with van der Waals surface area (Å²) in [5.74, 6) is -10.4. The molecule has 4 rings (SSSR count). The molecule has 1 heterocycles. The number of sulfone groups is 1. The van der Waals surface area contributed by atoms with Crippen LogP contribution in [0.3, 0.4) is 0 Å². The maximum absolute atomic E-state index is 16.7. The van der Waals surface area contributed by atoms with E-state index in [1.165, 1.54) is 101 Å². The molecule has 0 fully saturated rings. The molecule has 0 N–H and O–H groups in total. The normalized spacial score (nSPS) is 13.7. The Hall–Kier alpha value is -4.15. The zero-order valence-electron chi connectivity index (χ0n) is 30.2. The molecular formula is C36H37BrF3N2O10PS. The van der Waals surface area contributed by atoms with Crippen molar-refractivity contribution in [2.45, 2.75) is 64.9 Å². The highest BCUT2D eigenvalue weighted by molar-refractivity contribution is 9.10. The zero-order chi connectivity index (χ0) is 40.3. The molecule has 12 nitrogen and oxygen atoms in total. The van der Waals surface area contributed by atoms with Gasteiger partial charge in [-0.15, -0.1) is 0 Å². The number of carbonyl (C=O) groups excluding carboxylic acids is 2. The first-order valence-electron chi connectivity index (χ1n) is 16.0. The number of rotatable bonds is 14. The summed E-state index contributed by atoms with van der Waals surface area (Å²) in [6.45, 7) is 7.47. The second-order valence-electron chi connectivity index (χ2n) is 14.1. The smallest absolute Gasteiger partial charge is 0.414 e. The van der Waals surface area contributed by atoms with Gasteiger partial charge in [-0.05, 0) is 102 Å². The van der Waals surface area contributed by atoms with E-state index in [1.807, 2.05) is 0 Å². The minimum atomic E-state index is -4.41. The average Bonchev–Trinajstić information content (AvgIpc) is 3.56. The number of hydrogen-bond donors (Lipinski definition) is 0. The van der Waals surface area contributed by atoms with Crippen LogP contribution in [0.15, 0.2) is 86.7 Å². The van der Waals surface area contributed by atoms with Crippen molar-refractivity contribution in [1.82, 2.24) is 4.98 Å². The summed E-state index contributed by atoms with van der Waals surface area (Å²) in [6.07, 6.45) is 2.49. The van der Waals surface area contributed by atoms with Crippen LogP contribution in [0.25, 0.3) is 11.3 Å². The zero-order valence-corrected chi connectivity index (χ0v) is 33.5. The van der Waals surface area contributed by atoms with Crippen molar-refractivity contribution < 1.29 is 58.9 Å². The molecule has 0 saturated heterocycles. The van der Waals surface area contributed by atoms with Crippen LogP contribution in [0.2, 0.25) is 0 Å². The molecule has 54 heavy (non-hydrogen) atoms. The van der Waals surface area contributed by atoms with E-state index in [-0.39, 0.29) is 27.7 Å². The fraction of sp³-hybridized carbons (Fsp3) is 0.361. The van der Waals surface area contributed by atoms with Gasteiger partial charge in [0.1, 0.15) is 5.82 Å². The van der Waals surface area contributed by atoms with Crippen molar-refractivity contribution in [2.75, 3.05) is 17.9 Å². The van der Waals surface area contributed by atoms with E-state index in [0.29, 0.717) is 16.8 Å². The Morgan fingerprint density at radius 3 is 2.07 bits per heavy atom. The first-order chi connectivity index (χ1) is 25.0. The Morgan fingerprint density at radius 2 is 1.54 bits per heavy atom. The Labute approximate surface area is 320 Å². The van der Waals surface area contributed by atoms with Gasteiger partial charge >= 0.3 is 38.5 Å². The van der Waals surface area contributed by atoms with Crippen molar-refractivity contribution in [3.8, 4) is 11.3 Å². The molecule has 3 aromatic carbocycles. The number of ether oxygens (including phenoxy) is 3. The van der Waals surface area contributed by atoms with Crippen molar-refractivity contribution in [3.63, 3.8) is 0 Å². The number of benzene rings is 3. The maximum Gasteiger partial charge on any atom is 0.414 e. The van der Waals surface area contributed by atoms with Gasteiger partial charge in [-0.1, -0.05) is 28.1 Å². The number of hydrogen-bond acceptors (Lipinski definition) is 12. The van der Waals surface area contributed by atoms with Gasteiger partial charge in [0.15, 0.2) is 22.4 Å². The first-order valence-corrected chi connectivity index (χ1v) is 19.4. The van der Waals surface area contributed by atoms with Crippen LogP contribution >= 0.6 is 24.6 Å². The molecule has 0 radical (unpaired) electrons. The third kappa shape index (κ3) is 9.93. The van der Waals surface area contributed by atoms with Crippen LogP contribution in [0.1, 0.15) is 52.7 Å². The lowest BCUT2D eigenvalue weighted by Gasteiger charge is -2.37. The highest BCUT2D eigenvalue weighted by Gasteiger charge is 2.64. The second-order valence-corrected chi connectivity index (χ2v) is 17.3. The number of oxazole rings is 1. The summed E-state index contributed by atoms with van der Waals surface area (Å²) in [6, 6.07) is 14.9. The third-order valence-electron chi connectivity index (χ3n) is 7.57. The summed E-state index contributed by atoms with van der Waals surface area (Å²) in [4.78, 5) is 31.4. The van der Waals surface area contributed by atoms with Gasteiger partial charge in [-0.3, -0.25) is 19.2 Å². The van der Waals surface area contributed by atoms with Crippen LogP contribution in [0.4, 0.5) is 24.9 Å². The van der Waals surface area contributed by atoms with Crippen LogP contribution in [-0.4, -0.2) is 44.4 Å². The van der Waals surface area contributed by atoms with E-state index in [0.717, 1.165) is 12.3 Å². The Bertz CT molecular complexity index is 2100. The number of nitrogens with zero attached hydrogens (tertiary/aromatic N) is 2. The van der Waals surface area contributed by atoms with E-state index in [1.54, 1.807) is 12.1 Å². The van der Waals surface area contributed by atoms with Gasteiger partial charge in [0.25, 0.3) is 0 Å². The molecule has 1 aromatic heterocycles. The van der Waals surface area contributed by atoms with E-state index in [2.05, 4.69) is 20.9 Å². The van der Waals surface area contributed by atoms with Crippen molar-refractivity contribution in [3.05, 3.63) is 94.3 Å². The molecule has 4 aromatic rings. The predicted molar refractivity (Wildman–Crippen MR) is 194 cm³/mol. The highest BCUT2D eigenvalue weighted by atomic mass is 79.9.